The van der Waals surface area contributed by atoms with E-state index in [9.17, 15) is 0 Å². The molecule has 0 bridgehead atoms. The van der Waals surface area contributed by atoms with Gasteiger partial charge in [0.2, 0.25) is 0 Å². The lowest BCUT2D eigenvalue weighted by Gasteiger charge is -2.41. The van der Waals surface area contributed by atoms with E-state index in [1.807, 2.05) is 13.0 Å². The van der Waals surface area contributed by atoms with Gasteiger partial charge in [-0.3, -0.25) is 4.98 Å². The van der Waals surface area contributed by atoms with Gasteiger partial charge < -0.3 is 19.9 Å². The molecule has 1 unspecified atom stereocenters. The molecule has 0 aromatic carbocycles. The Balaban J connectivity index is 2.17. The number of hydrogen-bond donors (Lipinski definition) is 1. The number of hydrogen-bond acceptors (Lipinski definition) is 5. The topological polar surface area (TPSA) is 66.6 Å². The fourth-order valence-corrected chi connectivity index (χ4v) is 2.76. The van der Waals surface area contributed by atoms with Gasteiger partial charge in [0.1, 0.15) is 5.75 Å². The molecule has 2 N–H and O–H groups in total. The van der Waals surface area contributed by atoms with Gasteiger partial charge in [0.15, 0.2) is 0 Å². The SMILES string of the molecule is CCCOc1cncc(C(N)C2(OCC)CCOCC2)c1. The lowest BCUT2D eigenvalue weighted by molar-refractivity contribution is -0.121. The van der Waals surface area contributed by atoms with E-state index in [4.69, 9.17) is 19.9 Å². The number of pyridine rings is 1. The molecule has 118 valence electrons. The molecule has 1 aromatic rings. The first-order valence-corrected chi connectivity index (χ1v) is 7.77. The molecule has 0 saturated carbocycles. The Hall–Kier alpha value is -1.17. The molecule has 0 radical (unpaired) electrons. The maximum Gasteiger partial charge on any atom is 0.137 e. The van der Waals surface area contributed by atoms with Crippen LogP contribution >= 0.6 is 0 Å². The summed E-state index contributed by atoms with van der Waals surface area (Å²) < 4.78 is 17.1. The molecular formula is C16H26N2O3. The van der Waals surface area contributed by atoms with E-state index in [1.165, 1.54) is 0 Å². The van der Waals surface area contributed by atoms with Crippen molar-refractivity contribution in [3.05, 3.63) is 24.0 Å². The summed E-state index contributed by atoms with van der Waals surface area (Å²) >= 11 is 0. The zero-order valence-electron chi connectivity index (χ0n) is 13.0. The second kappa shape index (κ2) is 7.73. The predicted molar refractivity (Wildman–Crippen MR) is 81.4 cm³/mol. The van der Waals surface area contributed by atoms with E-state index in [0.717, 1.165) is 30.6 Å². The third kappa shape index (κ3) is 3.93. The molecule has 21 heavy (non-hydrogen) atoms. The van der Waals surface area contributed by atoms with Crippen LogP contribution in [0.3, 0.4) is 0 Å². The largest absolute Gasteiger partial charge is 0.492 e. The Morgan fingerprint density at radius 3 is 2.76 bits per heavy atom. The van der Waals surface area contributed by atoms with Crippen molar-refractivity contribution in [3.63, 3.8) is 0 Å². The number of nitrogens with two attached hydrogens (primary N) is 1. The van der Waals surface area contributed by atoms with Crippen molar-refractivity contribution >= 4 is 0 Å². The molecule has 1 aliphatic rings. The van der Waals surface area contributed by atoms with Gasteiger partial charge in [-0.1, -0.05) is 6.92 Å². The summed E-state index contributed by atoms with van der Waals surface area (Å²) in [7, 11) is 0. The average molecular weight is 294 g/mol. The lowest BCUT2D eigenvalue weighted by Crippen LogP contribution is -2.48. The van der Waals surface area contributed by atoms with Gasteiger partial charge in [0.25, 0.3) is 0 Å². The minimum Gasteiger partial charge on any atom is -0.492 e. The zero-order chi connectivity index (χ0) is 15.1. The van der Waals surface area contributed by atoms with E-state index in [2.05, 4.69) is 11.9 Å². The van der Waals surface area contributed by atoms with E-state index in [0.29, 0.717) is 26.4 Å². The quantitative estimate of drug-likeness (QED) is 0.836. The summed E-state index contributed by atoms with van der Waals surface area (Å²) in [6.07, 6.45) is 6.11. The standard InChI is InChI=1S/C16H26N2O3/c1-3-7-20-14-10-13(11-18-12-14)15(17)16(21-4-2)5-8-19-9-6-16/h10-12,15H,3-9,17H2,1-2H3. The van der Waals surface area contributed by atoms with Crippen LogP contribution in [0.5, 0.6) is 5.75 Å². The highest BCUT2D eigenvalue weighted by molar-refractivity contribution is 5.28. The second-order valence-corrected chi connectivity index (χ2v) is 5.39. The van der Waals surface area contributed by atoms with Gasteiger partial charge in [0, 0.05) is 38.9 Å². The molecule has 0 aliphatic carbocycles. The Bertz CT molecular complexity index is 428. The molecule has 1 aliphatic heterocycles. The van der Waals surface area contributed by atoms with Gasteiger partial charge in [-0.05, 0) is 25.0 Å². The molecule has 5 nitrogen and oxygen atoms in total. The van der Waals surface area contributed by atoms with Crippen LogP contribution in [0.1, 0.15) is 44.7 Å². The van der Waals surface area contributed by atoms with Gasteiger partial charge >= 0.3 is 0 Å². The molecule has 2 rings (SSSR count). The smallest absolute Gasteiger partial charge is 0.137 e. The monoisotopic (exact) mass is 294 g/mol. The summed E-state index contributed by atoms with van der Waals surface area (Å²) in [4.78, 5) is 4.25. The summed E-state index contributed by atoms with van der Waals surface area (Å²) in [6.45, 7) is 6.79. The van der Waals surface area contributed by atoms with Gasteiger partial charge in [-0.25, -0.2) is 0 Å². The number of aromatic nitrogens is 1. The van der Waals surface area contributed by atoms with Crippen molar-refractivity contribution in [1.29, 1.82) is 0 Å². The van der Waals surface area contributed by atoms with Crippen LogP contribution < -0.4 is 10.5 Å². The van der Waals surface area contributed by atoms with Crippen molar-refractivity contribution in [1.82, 2.24) is 4.98 Å². The molecule has 1 aromatic heterocycles. The van der Waals surface area contributed by atoms with Crippen molar-refractivity contribution in [2.24, 2.45) is 5.73 Å². The maximum absolute atomic E-state index is 6.51. The minimum absolute atomic E-state index is 0.223. The first kappa shape index (κ1) is 16.2. The predicted octanol–water partition coefficient (Wildman–Crippen LogP) is 2.46. The van der Waals surface area contributed by atoms with Crippen molar-refractivity contribution in [3.8, 4) is 5.75 Å². The van der Waals surface area contributed by atoms with E-state index < -0.39 is 0 Å². The number of rotatable bonds is 7. The van der Waals surface area contributed by atoms with Crippen LogP contribution in [0.2, 0.25) is 0 Å². The maximum atomic E-state index is 6.51. The highest BCUT2D eigenvalue weighted by Crippen LogP contribution is 2.36. The fraction of sp³-hybridized carbons (Fsp3) is 0.688. The zero-order valence-corrected chi connectivity index (χ0v) is 13.0. The highest BCUT2D eigenvalue weighted by atomic mass is 16.5. The lowest BCUT2D eigenvalue weighted by atomic mass is 9.83. The number of ether oxygens (including phenoxy) is 3. The Morgan fingerprint density at radius 2 is 2.10 bits per heavy atom. The second-order valence-electron chi connectivity index (χ2n) is 5.39. The third-order valence-corrected chi connectivity index (χ3v) is 3.90. The normalized spacial score (nSPS) is 19.2. The van der Waals surface area contributed by atoms with Crippen molar-refractivity contribution in [2.45, 2.75) is 44.8 Å². The van der Waals surface area contributed by atoms with E-state index in [1.54, 1.807) is 12.4 Å². The van der Waals surface area contributed by atoms with Gasteiger partial charge in [-0.2, -0.15) is 0 Å². The molecule has 0 amide bonds. The van der Waals surface area contributed by atoms with Crippen molar-refractivity contribution in [2.75, 3.05) is 26.4 Å². The summed E-state index contributed by atoms with van der Waals surface area (Å²) in [5.41, 5.74) is 7.11. The average Bonchev–Trinajstić information content (AvgIpc) is 2.53. The van der Waals surface area contributed by atoms with Gasteiger partial charge in [0.05, 0.1) is 24.4 Å². The summed E-state index contributed by atoms with van der Waals surface area (Å²) in [5, 5.41) is 0. The Labute approximate surface area is 126 Å². The molecular weight excluding hydrogens is 268 g/mol. The third-order valence-electron chi connectivity index (χ3n) is 3.90. The molecule has 1 fully saturated rings. The highest BCUT2D eigenvalue weighted by Gasteiger charge is 2.40. The summed E-state index contributed by atoms with van der Waals surface area (Å²) in [6, 6.07) is 1.75. The van der Waals surface area contributed by atoms with Crippen LogP contribution in [-0.4, -0.2) is 37.0 Å². The first-order valence-electron chi connectivity index (χ1n) is 7.77. The molecule has 2 heterocycles. The minimum atomic E-state index is -0.363. The van der Waals surface area contributed by atoms with Crippen LogP contribution in [0, 0.1) is 0 Å². The van der Waals surface area contributed by atoms with E-state index in [-0.39, 0.29) is 11.6 Å². The Kier molecular flexibility index (Phi) is 5.96. The molecule has 5 heteroatoms. The molecule has 0 spiro atoms. The molecule has 1 saturated heterocycles. The molecule has 1 atom stereocenters. The fourth-order valence-electron chi connectivity index (χ4n) is 2.76. The van der Waals surface area contributed by atoms with Crippen molar-refractivity contribution < 1.29 is 14.2 Å². The summed E-state index contributed by atoms with van der Waals surface area (Å²) in [5.74, 6) is 0.767. The van der Waals surface area contributed by atoms with E-state index >= 15 is 0 Å². The van der Waals surface area contributed by atoms with Crippen LogP contribution in [-0.2, 0) is 9.47 Å². The van der Waals surface area contributed by atoms with Crippen LogP contribution in [0.25, 0.3) is 0 Å². The number of nitrogens with zero attached hydrogens (tertiary/aromatic N) is 1. The van der Waals surface area contributed by atoms with Gasteiger partial charge in [-0.15, -0.1) is 0 Å². The van der Waals surface area contributed by atoms with Crippen LogP contribution in [0.4, 0.5) is 0 Å². The first-order chi connectivity index (χ1) is 10.2. The Morgan fingerprint density at radius 1 is 1.33 bits per heavy atom. The van der Waals surface area contributed by atoms with Crippen LogP contribution in [0.15, 0.2) is 18.5 Å².